The number of rotatable bonds is 10. The lowest BCUT2D eigenvalue weighted by Gasteiger charge is -2.34. The van der Waals surface area contributed by atoms with Crippen molar-refractivity contribution in [2.75, 3.05) is 39.3 Å². The molecule has 0 bridgehead atoms. The van der Waals surface area contributed by atoms with Gasteiger partial charge in [0.2, 0.25) is 0 Å². The van der Waals surface area contributed by atoms with E-state index in [2.05, 4.69) is 5.32 Å². The Bertz CT molecular complexity index is 425. The third-order valence-corrected chi connectivity index (χ3v) is 4.60. The number of hydrogen-bond donors (Lipinski definition) is 1. The standard InChI is InChI=1S/C14H30N2O4S/c1-7-8-15-14(3,13(17)20-5)11-12(2)16(4)9-10-21(6,18)19/h12,15H,7-11H2,1-6H3. The number of methoxy groups -OCH3 is 1. The molecule has 0 fully saturated rings. The maximum Gasteiger partial charge on any atom is 0.325 e. The minimum Gasteiger partial charge on any atom is -0.468 e. The second kappa shape index (κ2) is 8.70. The van der Waals surface area contributed by atoms with Crippen molar-refractivity contribution < 1.29 is 17.9 Å². The van der Waals surface area contributed by atoms with E-state index in [-0.39, 0.29) is 17.8 Å². The zero-order chi connectivity index (χ0) is 16.7. The van der Waals surface area contributed by atoms with Crippen molar-refractivity contribution in [2.45, 2.75) is 45.2 Å². The van der Waals surface area contributed by atoms with Crippen LogP contribution in [0.2, 0.25) is 0 Å². The van der Waals surface area contributed by atoms with E-state index in [1.54, 1.807) is 0 Å². The lowest BCUT2D eigenvalue weighted by molar-refractivity contribution is -0.148. The second-order valence-corrected chi connectivity index (χ2v) is 8.17. The molecule has 1 N–H and O–H groups in total. The third kappa shape index (κ3) is 7.78. The molecule has 0 saturated heterocycles. The van der Waals surface area contributed by atoms with Gasteiger partial charge in [0.1, 0.15) is 15.4 Å². The lowest BCUT2D eigenvalue weighted by atomic mass is 9.92. The molecule has 0 saturated carbocycles. The predicted molar refractivity (Wildman–Crippen MR) is 85.1 cm³/mol. The average molecular weight is 322 g/mol. The molecule has 0 aromatic carbocycles. The summed E-state index contributed by atoms with van der Waals surface area (Å²) in [6.45, 7) is 7.02. The molecule has 2 unspecified atom stereocenters. The fraction of sp³-hybridized carbons (Fsp3) is 0.929. The first kappa shape index (κ1) is 20.3. The molecule has 2 atom stereocenters. The summed E-state index contributed by atoms with van der Waals surface area (Å²) in [4.78, 5) is 14.0. The molecule has 0 radical (unpaired) electrons. The highest BCUT2D eigenvalue weighted by atomic mass is 32.2. The Labute approximate surface area is 129 Å². The molecule has 7 heteroatoms. The second-order valence-electron chi connectivity index (χ2n) is 5.91. The van der Waals surface area contributed by atoms with Gasteiger partial charge in [-0.2, -0.15) is 0 Å². The molecule has 0 spiro atoms. The van der Waals surface area contributed by atoms with Gasteiger partial charge in [-0.15, -0.1) is 0 Å². The summed E-state index contributed by atoms with van der Waals surface area (Å²) in [6, 6.07) is 0.0557. The fourth-order valence-corrected chi connectivity index (χ4v) is 2.75. The fourth-order valence-electron chi connectivity index (χ4n) is 2.13. The first-order chi connectivity index (χ1) is 9.55. The van der Waals surface area contributed by atoms with Gasteiger partial charge in [-0.1, -0.05) is 6.92 Å². The van der Waals surface area contributed by atoms with Gasteiger partial charge in [-0.3, -0.25) is 4.79 Å². The van der Waals surface area contributed by atoms with Gasteiger partial charge in [0, 0.05) is 18.8 Å². The van der Waals surface area contributed by atoms with Crippen molar-refractivity contribution in [3.63, 3.8) is 0 Å². The van der Waals surface area contributed by atoms with Crippen molar-refractivity contribution in [1.82, 2.24) is 10.2 Å². The summed E-state index contributed by atoms with van der Waals surface area (Å²) in [5, 5.41) is 3.24. The lowest BCUT2D eigenvalue weighted by Crippen LogP contribution is -2.54. The largest absolute Gasteiger partial charge is 0.468 e. The van der Waals surface area contributed by atoms with Gasteiger partial charge in [-0.25, -0.2) is 8.42 Å². The minimum atomic E-state index is -2.98. The van der Waals surface area contributed by atoms with Crippen LogP contribution in [0.1, 0.15) is 33.6 Å². The van der Waals surface area contributed by atoms with Crippen LogP contribution in [-0.2, 0) is 19.4 Å². The highest BCUT2D eigenvalue weighted by molar-refractivity contribution is 7.90. The van der Waals surface area contributed by atoms with Crippen LogP contribution in [0.5, 0.6) is 0 Å². The van der Waals surface area contributed by atoms with Crippen LogP contribution in [0.15, 0.2) is 0 Å². The maximum atomic E-state index is 12.0. The summed E-state index contributed by atoms with van der Waals surface area (Å²) in [5.41, 5.74) is -0.760. The van der Waals surface area contributed by atoms with Crippen molar-refractivity contribution in [1.29, 1.82) is 0 Å². The van der Waals surface area contributed by atoms with Crippen LogP contribution in [0.3, 0.4) is 0 Å². The van der Waals surface area contributed by atoms with E-state index in [1.165, 1.54) is 13.4 Å². The number of sulfone groups is 1. The number of nitrogens with zero attached hydrogens (tertiary/aromatic N) is 1. The zero-order valence-electron chi connectivity index (χ0n) is 14.1. The number of nitrogens with one attached hydrogen (secondary N) is 1. The van der Waals surface area contributed by atoms with E-state index < -0.39 is 15.4 Å². The Balaban J connectivity index is 4.72. The average Bonchev–Trinajstić information content (AvgIpc) is 2.40. The molecule has 0 amide bonds. The zero-order valence-corrected chi connectivity index (χ0v) is 14.9. The van der Waals surface area contributed by atoms with Gasteiger partial charge in [0.25, 0.3) is 0 Å². The Morgan fingerprint density at radius 1 is 1.43 bits per heavy atom. The smallest absolute Gasteiger partial charge is 0.325 e. The van der Waals surface area contributed by atoms with E-state index in [0.717, 1.165) is 13.0 Å². The molecule has 0 aliphatic heterocycles. The quantitative estimate of drug-likeness (QED) is 0.596. The van der Waals surface area contributed by atoms with Gasteiger partial charge >= 0.3 is 5.97 Å². The van der Waals surface area contributed by atoms with E-state index >= 15 is 0 Å². The van der Waals surface area contributed by atoms with Crippen molar-refractivity contribution >= 4 is 15.8 Å². The molecule has 0 aliphatic carbocycles. The highest BCUT2D eigenvalue weighted by Gasteiger charge is 2.36. The minimum absolute atomic E-state index is 0.0557. The van der Waals surface area contributed by atoms with Crippen LogP contribution in [0.25, 0.3) is 0 Å². The Kier molecular flexibility index (Phi) is 8.43. The normalized spacial score (nSPS) is 16.5. The van der Waals surface area contributed by atoms with Crippen LogP contribution < -0.4 is 5.32 Å². The summed E-state index contributed by atoms with van der Waals surface area (Å²) in [7, 11) is 0.269. The van der Waals surface area contributed by atoms with Gasteiger partial charge in [0.15, 0.2) is 0 Å². The van der Waals surface area contributed by atoms with Crippen LogP contribution in [0.4, 0.5) is 0 Å². The number of carbonyl (C=O) groups is 1. The molecule has 126 valence electrons. The molecule has 0 aromatic rings. The SMILES string of the molecule is CCCNC(C)(CC(C)N(C)CCS(C)(=O)=O)C(=O)OC. The first-order valence-electron chi connectivity index (χ1n) is 7.27. The molecule has 0 rings (SSSR count). The summed E-state index contributed by atoms with van der Waals surface area (Å²) in [5.74, 6) is -0.176. The molecular formula is C14H30N2O4S. The van der Waals surface area contributed by atoms with Gasteiger partial charge in [-0.05, 0) is 40.3 Å². The number of hydrogen-bond acceptors (Lipinski definition) is 6. The van der Waals surface area contributed by atoms with Crippen LogP contribution >= 0.6 is 0 Å². The maximum absolute atomic E-state index is 12.0. The topological polar surface area (TPSA) is 75.7 Å². The van der Waals surface area contributed by atoms with Crippen molar-refractivity contribution in [3.8, 4) is 0 Å². The molecule has 0 aliphatic rings. The van der Waals surface area contributed by atoms with Gasteiger partial charge < -0.3 is 15.0 Å². The van der Waals surface area contributed by atoms with Crippen LogP contribution in [0, 0.1) is 0 Å². The van der Waals surface area contributed by atoms with Gasteiger partial charge in [0.05, 0.1) is 12.9 Å². The monoisotopic (exact) mass is 322 g/mol. The van der Waals surface area contributed by atoms with Crippen molar-refractivity contribution in [3.05, 3.63) is 0 Å². The predicted octanol–water partition coefficient (Wildman–Crippen LogP) is 0.673. The number of carbonyl (C=O) groups excluding carboxylic acids is 1. The Morgan fingerprint density at radius 2 is 2.00 bits per heavy atom. The molecule has 0 heterocycles. The molecular weight excluding hydrogens is 292 g/mol. The van der Waals surface area contributed by atoms with E-state index in [1.807, 2.05) is 32.7 Å². The van der Waals surface area contributed by atoms with Crippen LogP contribution in [-0.4, -0.2) is 70.1 Å². The van der Waals surface area contributed by atoms with E-state index in [4.69, 9.17) is 4.74 Å². The van der Waals surface area contributed by atoms with E-state index in [0.29, 0.717) is 13.0 Å². The molecule has 6 nitrogen and oxygen atoms in total. The first-order valence-corrected chi connectivity index (χ1v) is 9.33. The van der Waals surface area contributed by atoms with E-state index in [9.17, 15) is 13.2 Å². The third-order valence-electron chi connectivity index (χ3n) is 3.67. The van der Waals surface area contributed by atoms with Crippen molar-refractivity contribution in [2.24, 2.45) is 0 Å². The number of esters is 1. The highest BCUT2D eigenvalue weighted by Crippen LogP contribution is 2.17. The summed E-state index contributed by atoms with van der Waals surface area (Å²) < 4.78 is 27.3. The Hall–Kier alpha value is -0.660. The molecule has 0 aromatic heterocycles. The Morgan fingerprint density at radius 3 is 2.43 bits per heavy atom. The number of ether oxygens (including phenoxy) is 1. The summed E-state index contributed by atoms with van der Waals surface area (Å²) in [6.07, 6.45) is 2.71. The molecule has 21 heavy (non-hydrogen) atoms. The summed E-state index contributed by atoms with van der Waals surface area (Å²) >= 11 is 0.